The van der Waals surface area contributed by atoms with E-state index in [0.717, 1.165) is 10.6 Å². The lowest BCUT2D eigenvalue weighted by molar-refractivity contribution is 0.0631. The van der Waals surface area contributed by atoms with Gasteiger partial charge in [-0.25, -0.2) is 4.52 Å². The highest BCUT2D eigenvalue weighted by Gasteiger charge is 2.36. The first kappa shape index (κ1) is 17.3. The summed E-state index contributed by atoms with van der Waals surface area (Å²) in [6, 6.07) is 7.77. The average molecular weight is 407 g/mol. The van der Waals surface area contributed by atoms with Crippen LogP contribution in [-0.4, -0.2) is 37.2 Å². The van der Waals surface area contributed by atoms with Crippen LogP contribution in [0.3, 0.4) is 0 Å². The van der Waals surface area contributed by atoms with Crippen molar-refractivity contribution in [2.45, 2.75) is 13.5 Å². The second-order valence-corrected chi connectivity index (χ2v) is 7.33. The minimum absolute atomic E-state index is 0.0372. The maximum absolute atomic E-state index is 12.7. The van der Waals surface area contributed by atoms with Gasteiger partial charge in [-0.15, -0.1) is 16.4 Å². The van der Waals surface area contributed by atoms with Crippen LogP contribution >= 0.6 is 11.3 Å². The van der Waals surface area contributed by atoms with E-state index >= 15 is 0 Å². The van der Waals surface area contributed by atoms with Crippen LogP contribution in [0, 0.1) is 6.92 Å². The van der Waals surface area contributed by atoms with Crippen molar-refractivity contribution in [1.29, 1.82) is 0 Å². The first-order valence-corrected chi connectivity index (χ1v) is 9.54. The van der Waals surface area contributed by atoms with Crippen molar-refractivity contribution >= 4 is 40.0 Å². The summed E-state index contributed by atoms with van der Waals surface area (Å²) in [6.45, 7) is 1.93. The Morgan fingerprint density at radius 1 is 1.21 bits per heavy atom. The van der Waals surface area contributed by atoms with Gasteiger partial charge in [0.1, 0.15) is 5.76 Å². The summed E-state index contributed by atoms with van der Waals surface area (Å²) in [6.07, 6.45) is 1.48. The molecule has 0 saturated carbocycles. The Morgan fingerprint density at radius 3 is 2.79 bits per heavy atom. The predicted octanol–water partition coefficient (Wildman–Crippen LogP) is 2.74. The topological polar surface area (TPSA) is 110 Å². The van der Waals surface area contributed by atoms with E-state index in [1.807, 2.05) is 12.3 Å². The van der Waals surface area contributed by atoms with Crippen LogP contribution in [0.15, 0.2) is 46.4 Å². The molecule has 0 radical (unpaired) electrons. The molecule has 0 atom stereocenters. The Morgan fingerprint density at radius 2 is 2.03 bits per heavy atom. The van der Waals surface area contributed by atoms with E-state index in [9.17, 15) is 14.4 Å². The molecule has 5 rings (SSSR count). The van der Waals surface area contributed by atoms with E-state index < -0.39 is 17.7 Å². The fourth-order valence-electron chi connectivity index (χ4n) is 3.15. The number of hydrogen-bond donors (Lipinski definition) is 1. The molecule has 1 aromatic carbocycles. The molecule has 9 nitrogen and oxygen atoms in total. The lowest BCUT2D eigenvalue weighted by atomic mass is 10.1. The standard InChI is InChI=1S/C19H13N5O4S/c1-10-9-29-19-21-18(22-24(10)19)20-15(25)11-4-5-13-14(7-11)17(27)23(16(13)26)8-12-3-2-6-28-12/h2-7,9H,8H2,1H3,(H,20,22,25). The van der Waals surface area contributed by atoms with Crippen LogP contribution in [0.1, 0.15) is 42.5 Å². The van der Waals surface area contributed by atoms with Crippen LogP contribution < -0.4 is 5.32 Å². The number of furan rings is 1. The number of thiazole rings is 1. The van der Waals surface area contributed by atoms with Gasteiger partial charge in [-0.3, -0.25) is 24.6 Å². The summed E-state index contributed by atoms with van der Waals surface area (Å²) in [5, 5.41) is 8.78. The Balaban J connectivity index is 1.39. The fourth-order valence-corrected chi connectivity index (χ4v) is 3.95. The third-order valence-electron chi connectivity index (χ3n) is 4.60. The second-order valence-electron chi connectivity index (χ2n) is 6.50. The predicted molar refractivity (Wildman–Crippen MR) is 103 cm³/mol. The highest BCUT2D eigenvalue weighted by atomic mass is 32.1. The first-order chi connectivity index (χ1) is 14.0. The lowest BCUT2D eigenvalue weighted by Crippen LogP contribution is -2.28. The number of imide groups is 1. The number of aromatic nitrogens is 3. The Kier molecular flexibility index (Phi) is 3.81. The number of anilines is 1. The van der Waals surface area contributed by atoms with E-state index in [4.69, 9.17) is 4.42 Å². The molecule has 29 heavy (non-hydrogen) atoms. The summed E-state index contributed by atoms with van der Waals surface area (Å²) >= 11 is 1.42. The number of carbonyl (C=O) groups excluding carboxylic acids is 3. The zero-order valence-electron chi connectivity index (χ0n) is 15.1. The number of amides is 3. The monoisotopic (exact) mass is 407 g/mol. The summed E-state index contributed by atoms with van der Waals surface area (Å²) in [5.41, 5.74) is 1.59. The van der Waals surface area contributed by atoms with Gasteiger partial charge in [0.15, 0.2) is 0 Å². The molecule has 0 saturated heterocycles. The smallest absolute Gasteiger partial charge is 0.261 e. The normalized spacial score (nSPS) is 13.3. The molecule has 0 spiro atoms. The van der Waals surface area contributed by atoms with Gasteiger partial charge in [0.25, 0.3) is 23.7 Å². The molecule has 1 aliphatic heterocycles. The van der Waals surface area contributed by atoms with Gasteiger partial charge in [0.05, 0.1) is 29.6 Å². The molecule has 0 fully saturated rings. The van der Waals surface area contributed by atoms with E-state index in [0.29, 0.717) is 10.7 Å². The molecule has 3 amide bonds. The van der Waals surface area contributed by atoms with E-state index in [2.05, 4.69) is 15.4 Å². The van der Waals surface area contributed by atoms with Crippen LogP contribution in [-0.2, 0) is 6.54 Å². The van der Waals surface area contributed by atoms with E-state index in [-0.39, 0.29) is 29.2 Å². The quantitative estimate of drug-likeness (QED) is 0.521. The van der Waals surface area contributed by atoms with Crippen molar-refractivity contribution in [1.82, 2.24) is 19.5 Å². The van der Waals surface area contributed by atoms with Gasteiger partial charge in [0, 0.05) is 10.9 Å². The third-order valence-corrected chi connectivity index (χ3v) is 5.53. The zero-order chi connectivity index (χ0) is 20.1. The van der Waals surface area contributed by atoms with Gasteiger partial charge in [0.2, 0.25) is 4.96 Å². The number of nitrogens with one attached hydrogen (secondary N) is 1. The Hall–Kier alpha value is -3.79. The van der Waals surface area contributed by atoms with Gasteiger partial charge < -0.3 is 4.42 Å². The highest BCUT2D eigenvalue weighted by molar-refractivity contribution is 7.15. The highest BCUT2D eigenvalue weighted by Crippen LogP contribution is 2.26. The van der Waals surface area contributed by atoms with Crippen molar-refractivity contribution in [3.63, 3.8) is 0 Å². The summed E-state index contributed by atoms with van der Waals surface area (Å²) in [5.74, 6) is -0.675. The van der Waals surface area contributed by atoms with Crippen molar-refractivity contribution < 1.29 is 18.8 Å². The zero-order valence-corrected chi connectivity index (χ0v) is 15.9. The van der Waals surface area contributed by atoms with Crippen molar-refractivity contribution in [3.8, 4) is 0 Å². The van der Waals surface area contributed by atoms with Crippen LogP contribution in [0.2, 0.25) is 0 Å². The number of nitrogens with zero attached hydrogens (tertiary/aromatic N) is 4. The first-order valence-electron chi connectivity index (χ1n) is 8.66. The number of hydrogen-bond acceptors (Lipinski definition) is 7. The van der Waals surface area contributed by atoms with Gasteiger partial charge in [-0.05, 0) is 37.3 Å². The van der Waals surface area contributed by atoms with Crippen LogP contribution in [0.25, 0.3) is 4.96 Å². The molecule has 1 aliphatic rings. The Labute approximate surface area is 167 Å². The molecule has 0 aliphatic carbocycles. The number of carbonyl (C=O) groups is 3. The number of fused-ring (bicyclic) bond motifs is 2. The molecule has 10 heteroatoms. The number of rotatable bonds is 4. The van der Waals surface area contributed by atoms with Gasteiger partial charge in [-0.2, -0.15) is 4.98 Å². The van der Waals surface area contributed by atoms with E-state index in [1.165, 1.54) is 35.8 Å². The minimum atomic E-state index is -0.465. The molecular formula is C19H13N5O4S. The minimum Gasteiger partial charge on any atom is -0.467 e. The molecule has 4 heterocycles. The second kappa shape index (κ2) is 6.38. The molecule has 3 aromatic heterocycles. The van der Waals surface area contributed by atoms with Crippen molar-refractivity contribution in [2.75, 3.05) is 5.32 Å². The molecular weight excluding hydrogens is 394 g/mol. The van der Waals surface area contributed by atoms with Gasteiger partial charge >= 0.3 is 0 Å². The summed E-state index contributed by atoms with van der Waals surface area (Å²) < 4.78 is 6.86. The maximum Gasteiger partial charge on any atom is 0.261 e. The fraction of sp³-hybridized carbons (Fsp3) is 0.105. The summed E-state index contributed by atoms with van der Waals surface area (Å²) in [7, 11) is 0. The molecule has 144 valence electrons. The van der Waals surface area contributed by atoms with Crippen LogP contribution in [0.4, 0.5) is 5.95 Å². The number of benzene rings is 1. The average Bonchev–Trinajstić information content (AvgIpc) is 3.47. The maximum atomic E-state index is 12.7. The molecule has 1 N–H and O–H groups in total. The Bertz CT molecular complexity index is 1290. The van der Waals surface area contributed by atoms with Crippen LogP contribution in [0.5, 0.6) is 0 Å². The molecule has 0 unspecified atom stereocenters. The van der Waals surface area contributed by atoms with E-state index in [1.54, 1.807) is 16.6 Å². The van der Waals surface area contributed by atoms with Crippen molar-refractivity contribution in [3.05, 3.63) is 70.1 Å². The lowest BCUT2D eigenvalue weighted by Gasteiger charge is -2.11. The number of aryl methyl sites for hydroxylation is 1. The molecule has 4 aromatic rings. The summed E-state index contributed by atoms with van der Waals surface area (Å²) in [4.78, 5) is 43.9. The van der Waals surface area contributed by atoms with Gasteiger partial charge in [-0.1, -0.05) is 0 Å². The molecule has 0 bridgehead atoms. The largest absolute Gasteiger partial charge is 0.467 e. The van der Waals surface area contributed by atoms with Crippen molar-refractivity contribution in [2.24, 2.45) is 0 Å². The SMILES string of the molecule is Cc1csc2nc(NC(=O)c3ccc4c(c3)C(=O)N(Cc3ccco3)C4=O)nn12. The third kappa shape index (κ3) is 2.81.